The van der Waals surface area contributed by atoms with Crippen molar-refractivity contribution >= 4 is 45.9 Å². The lowest BCUT2D eigenvalue weighted by atomic mass is 9.91. The third kappa shape index (κ3) is 9.96. The molecule has 3 amide bonds. The van der Waals surface area contributed by atoms with E-state index in [4.69, 9.17) is 25.3 Å². The van der Waals surface area contributed by atoms with E-state index >= 15 is 4.39 Å². The predicted octanol–water partition coefficient (Wildman–Crippen LogP) is 6.59. The number of amides is 3. The number of hydrogen-bond donors (Lipinski definition) is 3. The first-order valence-corrected chi connectivity index (χ1v) is 23.6. The molecule has 0 unspecified atom stereocenters. The number of nitrogens with one attached hydrogen (secondary N) is 2. The number of nitrogens with zero attached hydrogens (tertiary/aromatic N) is 10. The number of likely N-dealkylation sites (tertiary alicyclic amines) is 1. The molecule has 344 valence electrons. The normalized spacial score (nSPS) is 18.8. The van der Waals surface area contributed by atoms with Crippen LogP contribution in [0.15, 0.2) is 41.4 Å². The highest BCUT2D eigenvalue weighted by molar-refractivity contribution is 6.02. The number of anilines is 3. The first kappa shape index (κ1) is 44.2. The number of fused-ring (bicyclic) bond motifs is 1. The largest absolute Gasteiger partial charge is 0.383 e. The SMILES string of the molecule is CC(C)n1nc(-c2noc(C3CC3)c2-c2ncc(C3CCN(C(=O)CCCCCCCCN4CCN(c5ccc(N[C@@H]6CCC(=O)NC6=O)cc5F)CC4)CC3)cn2)c2c(N)ncnc21. The standard InChI is InChI=1S/C47H60FN13O4/c1-29(2)61-46-40(44(49)52-28-53-46)41(56-61)42-39(43(65-57-42)31-10-11-31)45-50-26-32(27-51-45)30-16-19-60(20-17-30)38(63)9-7-5-3-4-6-8-18-58-21-23-59(24-22-58)36-14-12-33(25-34(36)48)54-35-13-15-37(62)55-47(35)64/h12,14,25-31,35,54H,3-11,13,15-24H2,1-2H3,(H2,49,52,53)(H,55,62,64)/t35-/m1/s1. The molecule has 1 atom stereocenters. The lowest BCUT2D eigenvalue weighted by molar-refractivity contribution is -0.134. The van der Waals surface area contributed by atoms with Gasteiger partial charge in [-0.1, -0.05) is 30.8 Å². The Morgan fingerprint density at radius 3 is 2.34 bits per heavy atom. The molecule has 17 nitrogen and oxygen atoms in total. The van der Waals surface area contributed by atoms with Crippen LogP contribution in [0.4, 0.5) is 21.6 Å². The number of hydrogen-bond acceptors (Lipinski definition) is 14. The van der Waals surface area contributed by atoms with Crippen LogP contribution in [-0.2, 0) is 14.4 Å². The summed E-state index contributed by atoms with van der Waals surface area (Å²) in [5.41, 5.74) is 11.0. The fourth-order valence-electron chi connectivity index (χ4n) is 9.54. The van der Waals surface area contributed by atoms with Crippen LogP contribution >= 0.6 is 0 Å². The Morgan fingerprint density at radius 2 is 1.63 bits per heavy atom. The van der Waals surface area contributed by atoms with E-state index < -0.39 is 6.04 Å². The van der Waals surface area contributed by atoms with Crippen LogP contribution in [0, 0.1) is 5.82 Å². The van der Waals surface area contributed by atoms with Gasteiger partial charge in [0.25, 0.3) is 0 Å². The highest BCUT2D eigenvalue weighted by Gasteiger charge is 2.36. The summed E-state index contributed by atoms with van der Waals surface area (Å²) in [6.45, 7) is 9.89. The number of benzene rings is 1. The molecular weight excluding hydrogens is 830 g/mol. The molecule has 1 aliphatic carbocycles. The van der Waals surface area contributed by atoms with Gasteiger partial charge in [-0.2, -0.15) is 5.10 Å². The maximum Gasteiger partial charge on any atom is 0.249 e. The van der Waals surface area contributed by atoms with E-state index in [1.807, 2.05) is 35.8 Å². The van der Waals surface area contributed by atoms with Gasteiger partial charge in [-0.3, -0.25) is 24.6 Å². The van der Waals surface area contributed by atoms with Crippen LogP contribution in [-0.4, -0.2) is 114 Å². The van der Waals surface area contributed by atoms with E-state index in [2.05, 4.69) is 35.6 Å². The highest BCUT2D eigenvalue weighted by atomic mass is 19.1. The Kier molecular flexibility index (Phi) is 13.3. The minimum absolute atomic E-state index is 0.0416. The topological polar surface area (TPSA) is 206 Å². The van der Waals surface area contributed by atoms with Gasteiger partial charge in [-0.15, -0.1) is 0 Å². The summed E-state index contributed by atoms with van der Waals surface area (Å²) in [4.78, 5) is 61.7. The average Bonchev–Trinajstić information content (AvgIpc) is 3.93. The molecule has 5 aromatic rings. The fourth-order valence-corrected chi connectivity index (χ4v) is 9.54. The van der Waals surface area contributed by atoms with E-state index in [-0.39, 0.29) is 47.8 Å². The Balaban J connectivity index is 0.669. The zero-order valence-corrected chi connectivity index (χ0v) is 37.5. The summed E-state index contributed by atoms with van der Waals surface area (Å²) in [7, 11) is 0. The average molecular weight is 890 g/mol. The number of imide groups is 1. The molecule has 9 rings (SSSR count). The molecule has 4 fully saturated rings. The van der Waals surface area contributed by atoms with Gasteiger partial charge in [0.2, 0.25) is 17.7 Å². The number of carbonyl (C=O) groups excluding carboxylic acids is 3. The molecule has 1 saturated carbocycles. The van der Waals surface area contributed by atoms with E-state index in [0.29, 0.717) is 58.3 Å². The first-order chi connectivity index (χ1) is 31.6. The van der Waals surface area contributed by atoms with Crippen molar-refractivity contribution < 1.29 is 23.3 Å². The lowest BCUT2D eigenvalue weighted by Crippen LogP contribution is -2.47. The van der Waals surface area contributed by atoms with Gasteiger partial charge in [-0.25, -0.2) is 29.0 Å². The number of halogens is 1. The lowest BCUT2D eigenvalue weighted by Gasteiger charge is -2.36. The zero-order chi connectivity index (χ0) is 45.0. The molecule has 7 heterocycles. The molecule has 4 aliphatic rings. The molecule has 65 heavy (non-hydrogen) atoms. The van der Waals surface area contributed by atoms with Crippen molar-refractivity contribution in [2.45, 2.75) is 121 Å². The zero-order valence-electron chi connectivity index (χ0n) is 37.5. The predicted molar refractivity (Wildman–Crippen MR) is 244 cm³/mol. The monoisotopic (exact) mass is 889 g/mol. The molecular formula is C47H60FN13O4. The fraction of sp³-hybridized carbons (Fsp3) is 0.553. The molecule has 18 heteroatoms. The van der Waals surface area contributed by atoms with Gasteiger partial charge < -0.3 is 25.4 Å². The third-order valence-corrected chi connectivity index (χ3v) is 13.5. The molecule has 3 saturated heterocycles. The van der Waals surface area contributed by atoms with Gasteiger partial charge in [0.05, 0.1) is 16.6 Å². The third-order valence-electron chi connectivity index (χ3n) is 13.5. The van der Waals surface area contributed by atoms with Crippen molar-refractivity contribution in [1.82, 2.24) is 50.0 Å². The van der Waals surface area contributed by atoms with Crippen LogP contribution in [0.1, 0.15) is 127 Å². The smallest absolute Gasteiger partial charge is 0.249 e. The van der Waals surface area contributed by atoms with E-state index in [9.17, 15) is 14.4 Å². The van der Waals surface area contributed by atoms with Crippen LogP contribution in [0.2, 0.25) is 0 Å². The maximum absolute atomic E-state index is 15.1. The van der Waals surface area contributed by atoms with E-state index in [1.165, 1.54) is 12.4 Å². The summed E-state index contributed by atoms with van der Waals surface area (Å²) in [5, 5.41) is 15.4. The molecule has 4 N–H and O–H groups in total. The Hall–Kier alpha value is -6.04. The summed E-state index contributed by atoms with van der Waals surface area (Å²) in [6.07, 6.45) is 16.9. The molecule has 0 bridgehead atoms. The van der Waals surface area contributed by atoms with Gasteiger partial charge in [-0.05, 0) is 95.0 Å². The number of nitrogens with two attached hydrogens (primary N) is 1. The van der Waals surface area contributed by atoms with Gasteiger partial charge in [0, 0.05) is 82.2 Å². The summed E-state index contributed by atoms with van der Waals surface area (Å²) < 4.78 is 22.9. The van der Waals surface area contributed by atoms with Crippen molar-refractivity contribution in [3.05, 3.63) is 54.1 Å². The second-order valence-corrected chi connectivity index (χ2v) is 18.4. The number of piperazine rings is 1. The van der Waals surface area contributed by atoms with Gasteiger partial charge >= 0.3 is 0 Å². The van der Waals surface area contributed by atoms with Gasteiger partial charge in [0.15, 0.2) is 17.2 Å². The molecule has 4 aromatic heterocycles. The number of unbranched alkanes of at least 4 members (excludes halogenated alkanes) is 5. The van der Waals surface area contributed by atoms with Crippen molar-refractivity contribution in [3.63, 3.8) is 0 Å². The summed E-state index contributed by atoms with van der Waals surface area (Å²) >= 11 is 0. The number of carbonyl (C=O) groups is 3. The Bertz CT molecular complexity index is 2490. The van der Waals surface area contributed by atoms with Crippen LogP contribution in [0.5, 0.6) is 0 Å². The number of piperidine rings is 2. The van der Waals surface area contributed by atoms with Crippen molar-refractivity contribution in [2.75, 3.05) is 61.8 Å². The maximum atomic E-state index is 15.1. The summed E-state index contributed by atoms with van der Waals surface area (Å²) in [5.74, 6) is 1.48. The molecule has 3 aliphatic heterocycles. The van der Waals surface area contributed by atoms with Gasteiger partial charge in [0.1, 0.15) is 35.4 Å². The highest BCUT2D eigenvalue weighted by Crippen LogP contribution is 2.48. The Labute approximate surface area is 378 Å². The van der Waals surface area contributed by atoms with Crippen LogP contribution in [0.3, 0.4) is 0 Å². The van der Waals surface area contributed by atoms with Crippen molar-refractivity contribution in [2.24, 2.45) is 0 Å². The minimum Gasteiger partial charge on any atom is -0.383 e. The summed E-state index contributed by atoms with van der Waals surface area (Å²) in [6, 6.07) is 4.50. The molecule has 0 radical (unpaired) electrons. The second-order valence-electron chi connectivity index (χ2n) is 18.4. The van der Waals surface area contributed by atoms with E-state index in [0.717, 1.165) is 127 Å². The van der Waals surface area contributed by atoms with E-state index in [1.54, 1.807) is 12.1 Å². The number of rotatable bonds is 17. The molecule has 0 spiro atoms. The molecule has 1 aromatic carbocycles. The van der Waals surface area contributed by atoms with Crippen LogP contribution in [0.25, 0.3) is 33.8 Å². The van der Waals surface area contributed by atoms with Crippen LogP contribution < -0.4 is 21.3 Å². The van der Waals surface area contributed by atoms with Crippen molar-refractivity contribution in [3.8, 4) is 22.8 Å². The van der Waals surface area contributed by atoms with Crippen molar-refractivity contribution in [1.29, 1.82) is 0 Å². The quantitative estimate of drug-likeness (QED) is 0.0665. The second kappa shape index (κ2) is 19.6. The number of nitrogen functional groups attached to an aromatic ring is 1. The Morgan fingerprint density at radius 1 is 0.892 bits per heavy atom. The first-order valence-electron chi connectivity index (χ1n) is 23.6. The number of aromatic nitrogens is 7. The minimum atomic E-state index is -0.543.